The van der Waals surface area contributed by atoms with Gasteiger partial charge in [-0.1, -0.05) is 17.7 Å². The molecule has 0 spiro atoms. The summed E-state index contributed by atoms with van der Waals surface area (Å²) in [7, 11) is 4.42. The molecule has 1 aliphatic rings. The average Bonchev–Trinajstić information content (AvgIpc) is 2.72. The molecular weight excluding hydrogens is 258 g/mol. The van der Waals surface area contributed by atoms with Crippen LogP contribution >= 0.6 is 0 Å². The number of likely N-dealkylation sites (N-methyl/N-ethyl adjacent to an activating group) is 1. The van der Waals surface area contributed by atoms with Gasteiger partial charge < -0.3 is 15.5 Å². The fourth-order valence-electron chi connectivity index (χ4n) is 3.89. The van der Waals surface area contributed by atoms with Gasteiger partial charge in [0.1, 0.15) is 0 Å². The Morgan fingerprint density at radius 2 is 1.90 bits per heavy atom. The number of benzene rings is 1. The number of nitrogens with zero attached hydrogens (tertiary/aromatic N) is 2. The smallest absolute Gasteiger partial charge is 0.0429 e. The Bertz CT molecular complexity index is 460. The summed E-state index contributed by atoms with van der Waals surface area (Å²) >= 11 is 0. The summed E-state index contributed by atoms with van der Waals surface area (Å²) < 4.78 is 0. The molecule has 0 bridgehead atoms. The fourth-order valence-corrected chi connectivity index (χ4v) is 3.89. The topological polar surface area (TPSA) is 32.5 Å². The summed E-state index contributed by atoms with van der Waals surface area (Å²) in [4.78, 5) is 4.83. The van der Waals surface area contributed by atoms with Crippen molar-refractivity contribution in [3.05, 3.63) is 34.4 Å². The van der Waals surface area contributed by atoms with Gasteiger partial charge in [-0.05, 0) is 70.4 Å². The maximum Gasteiger partial charge on any atom is 0.0429 e. The minimum absolute atomic E-state index is 0.106. The molecule has 0 aliphatic carbocycles. The van der Waals surface area contributed by atoms with E-state index in [1.807, 2.05) is 0 Å². The first-order chi connectivity index (χ1) is 9.86. The van der Waals surface area contributed by atoms with Gasteiger partial charge in [0.25, 0.3) is 0 Å². The molecule has 1 saturated heterocycles. The Balaban J connectivity index is 1.96. The number of aryl methyl sites for hydroxylation is 3. The maximum atomic E-state index is 6.50. The quantitative estimate of drug-likeness (QED) is 0.904. The molecule has 118 valence electrons. The van der Waals surface area contributed by atoms with Crippen molar-refractivity contribution < 1.29 is 0 Å². The zero-order valence-electron chi connectivity index (χ0n) is 14.3. The van der Waals surface area contributed by atoms with Crippen molar-refractivity contribution in [2.45, 2.75) is 33.2 Å². The largest absolute Gasteiger partial charge is 0.323 e. The van der Waals surface area contributed by atoms with Gasteiger partial charge in [0.2, 0.25) is 0 Å². The third kappa shape index (κ3) is 4.29. The van der Waals surface area contributed by atoms with Crippen molar-refractivity contribution in [1.82, 2.24) is 9.80 Å². The van der Waals surface area contributed by atoms with Crippen molar-refractivity contribution in [1.29, 1.82) is 0 Å². The summed E-state index contributed by atoms with van der Waals surface area (Å²) in [6, 6.07) is 4.59. The molecule has 1 aromatic carbocycles. The van der Waals surface area contributed by atoms with E-state index >= 15 is 0 Å². The minimum atomic E-state index is 0.106. The Morgan fingerprint density at radius 3 is 2.43 bits per heavy atom. The van der Waals surface area contributed by atoms with E-state index in [9.17, 15) is 0 Å². The zero-order valence-corrected chi connectivity index (χ0v) is 14.3. The lowest BCUT2D eigenvalue weighted by atomic mass is 9.94. The summed E-state index contributed by atoms with van der Waals surface area (Å²) in [5.41, 5.74) is 11.8. The van der Waals surface area contributed by atoms with Gasteiger partial charge in [0, 0.05) is 25.7 Å². The molecule has 1 fully saturated rings. The first-order valence-electron chi connectivity index (χ1n) is 8.07. The van der Waals surface area contributed by atoms with Crippen LogP contribution in [0, 0.1) is 26.7 Å². The lowest BCUT2D eigenvalue weighted by molar-refractivity contribution is 0.260. The van der Waals surface area contributed by atoms with Crippen LogP contribution in [-0.4, -0.2) is 50.1 Å². The summed E-state index contributed by atoms with van der Waals surface area (Å²) in [6.07, 6.45) is 1.32. The second-order valence-electron chi connectivity index (χ2n) is 7.06. The molecule has 3 nitrogen and oxygen atoms in total. The highest BCUT2D eigenvalue weighted by Crippen LogP contribution is 2.23. The highest BCUT2D eigenvalue weighted by molar-refractivity contribution is 5.39. The number of likely N-dealkylation sites (tertiary alicyclic amines) is 1. The van der Waals surface area contributed by atoms with Crippen LogP contribution < -0.4 is 5.73 Å². The SMILES string of the molecule is Cc1cc(C)c(C(N)CN(C)CC2CCN(C)C2)c(C)c1. The first kappa shape index (κ1) is 16.5. The molecule has 2 rings (SSSR count). The van der Waals surface area contributed by atoms with Gasteiger partial charge in [-0.3, -0.25) is 0 Å². The Kier molecular flexibility index (Phi) is 5.42. The van der Waals surface area contributed by atoms with Gasteiger partial charge in [-0.25, -0.2) is 0 Å². The lowest BCUT2D eigenvalue weighted by Crippen LogP contribution is -2.34. The van der Waals surface area contributed by atoms with Crippen LogP contribution in [0.2, 0.25) is 0 Å². The van der Waals surface area contributed by atoms with Crippen LogP contribution in [0.1, 0.15) is 34.7 Å². The van der Waals surface area contributed by atoms with Gasteiger partial charge >= 0.3 is 0 Å². The van der Waals surface area contributed by atoms with Gasteiger partial charge in [-0.15, -0.1) is 0 Å². The normalized spacial score (nSPS) is 21.2. The van der Waals surface area contributed by atoms with E-state index < -0.39 is 0 Å². The van der Waals surface area contributed by atoms with Crippen molar-refractivity contribution in [3.8, 4) is 0 Å². The molecule has 0 amide bonds. The molecule has 1 heterocycles. The third-order valence-corrected chi connectivity index (χ3v) is 4.68. The summed E-state index contributed by atoms with van der Waals surface area (Å²) in [5.74, 6) is 0.799. The fraction of sp³-hybridized carbons (Fsp3) is 0.667. The second kappa shape index (κ2) is 6.91. The molecule has 1 aromatic rings. The number of hydrogen-bond donors (Lipinski definition) is 1. The molecular formula is C18H31N3. The molecule has 2 N–H and O–H groups in total. The van der Waals surface area contributed by atoms with Gasteiger partial charge in [0.15, 0.2) is 0 Å². The van der Waals surface area contributed by atoms with Gasteiger partial charge in [-0.2, -0.15) is 0 Å². The maximum absolute atomic E-state index is 6.50. The zero-order chi connectivity index (χ0) is 15.6. The van der Waals surface area contributed by atoms with E-state index in [0.717, 1.165) is 19.0 Å². The molecule has 0 aromatic heterocycles. The van der Waals surface area contributed by atoms with Crippen LogP contribution in [0.4, 0.5) is 0 Å². The number of hydrogen-bond acceptors (Lipinski definition) is 3. The average molecular weight is 289 g/mol. The standard InChI is InChI=1S/C18H31N3/c1-13-8-14(2)18(15(3)9-13)17(19)12-21(5)11-16-6-7-20(4)10-16/h8-9,16-17H,6-7,10-12,19H2,1-5H3. The monoisotopic (exact) mass is 289 g/mol. The van der Waals surface area contributed by atoms with E-state index in [-0.39, 0.29) is 6.04 Å². The van der Waals surface area contributed by atoms with Crippen molar-refractivity contribution in [3.63, 3.8) is 0 Å². The lowest BCUT2D eigenvalue weighted by Gasteiger charge is -2.26. The Hall–Kier alpha value is -0.900. The molecule has 1 aliphatic heterocycles. The van der Waals surface area contributed by atoms with E-state index in [2.05, 4.69) is 56.8 Å². The van der Waals surface area contributed by atoms with Crippen LogP contribution in [0.15, 0.2) is 12.1 Å². The van der Waals surface area contributed by atoms with Crippen LogP contribution in [0.3, 0.4) is 0 Å². The van der Waals surface area contributed by atoms with E-state index in [4.69, 9.17) is 5.73 Å². The van der Waals surface area contributed by atoms with Crippen LogP contribution in [-0.2, 0) is 0 Å². The Morgan fingerprint density at radius 1 is 1.29 bits per heavy atom. The first-order valence-corrected chi connectivity index (χ1v) is 8.07. The number of nitrogens with two attached hydrogens (primary N) is 1. The third-order valence-electron chi connectivity index (χ3n) is 4.68. The molecule has 0 saturated carbocycles. The van der Waals surface area contributed by atoms with Crippen molar-refractivity contribution in [2.24, 2.45) is 11.7 Å². The van der Waals surface area contributed by atoms with Crippen molar-refractivity contribution in [2.75, 3.05) is 40.3 Å². The molecule has 21 heavy (non-hydrogen) atoms. The Labute approximate surface area is 130 Å². The molecule has 2 atom stereocenters. The molecule has 0 radical (unpaired) electrons. The predicted molar refractivity (Wildman–Crippen MR) is 90.7 cm³/mol. The summed E-state index contributed by atoms with van der Waals surface area (Å²) in [6.45, 7) is 11.1. The van der Waals surface area contributed by atoms with E-state index in [0.29, 0.717) is 0 Å². The second-order valence-corrected chi connectivity index (χ2v) is 7.06. The number of rotatable bonds is 5. The van der Waals surface area contributed by atoms with Crippen LogP contribution in [0.5, 0.6) is 0 Å². The van der Waals surface area contributed by atoms with E-state index in [1.54, 1.807) is 0 Å². The molecule has 2 unspecified atom stereocenters. The van der Waals surface area contributed by atoms with Crippen molar-refractivity contribution >= 4 is 0 Å². The van der Waals surface area contributed by atoms with Crippen LogP contribution in [0.25, 0.3) is 0 Å². The van der Waals surface area contributed by atoms with E-state index in [1.165, 1.54) is 41.8 Å². The van der Waals surface area contributed by atoms with Gasteiger partial charge in [0.05, 0.1) is 0 Å². The molecule has 3 heteroatoms. The summed E-state index contributed by atoms with van der Waals surface area (Å²) in [5, 5.41) is 0. The highest BCUT2D eigenvalue weighted by Gasteiger charge is 2.22. The highest BCUT2D eigenvalue weighted by atomic mass is 15.2. The minimum Gasteiger partial charge on any atom is -0.323 e. The predicted octanol–water partition coefficient (Wildman–Crippen LogP) is 2.50.